The van der Waals surface area contributed by atoms with E-state index in [0.717, 1.165) is 11.3 Å². The zero-order valence-corrected chi connectivity index (χ0v) is 12.5. The third-order valence-electron chi connectivity index (χ3n) is 2.82. The van der Waals surface area contributed by atoms with E-state index in [4.69, 9.17) is 15.6 Å². The van der Waals surface area contributed by atoms with E-state index >= 15 is 0 Å². The summed E-state index contributed by atoms with van der Waals surface area (Å²) < 4.78 is 5.59. The van der Waals surface area contributed by atoms with Gasteiger partial charge in [0.05, 0.1) is 24.6 Å². The van der Waals surface area contributed by atoms with E-state index in [0.29, 0.717) is 0 Å². The topological polar surface area (TPSA) is 102 Å². The van der Waals surface area contributed by atoms with Crippen LogP contribution in [0.5, 0.6) is 5.75 Å². The number of rotatable bonds is 7. The first-order valence-electron chi connectivity index (χ1n) is 6.84. The Balaban J connectivity index is 2.68. The molecule has 1 rings (SSSR count). The Morgan fingerprint density at radius 1 is 1.33 bits per heavy atom. The van der Waals surface area contributed by atoms with Crippen molar-refractivity contribution in [2.24, 2.45) is 5.73 Å². The van der Waals surface area contributed by atoms with Crippen LogP contribution in [0, 0.1) is 0 Å². The second-order valence-corrected chi connectivity index (χ2v) is 5.17. The molecule has 1 amide bonds. The maximum atomic E-state index is 11.8. The van der Waals surface area contributed by atoms with Gasteiger partial charge in [-0.3, -0.25) is 9.59 Å². The van der Waals surface area contributed by atoms with Gasteiger partial charge in [-0.25, -0.2) is 0 Å². The number of hydrogen-bond donors (Lipinski definition) is 3. The number of nitrogens with two attached hydrogens (primary N) is 1. The molecule has 1 aromatic carbocycles. The minimum atomic E-state index is -1.10. The fourth-order valence-electron chi connectivity index (χ4n) is 1.81. The maximum absolute atomic E-state index is 11.8. The number of ether oxygens (including phenoxy) is 1. The van der Waals surface area contributed by atoms with Crippen LogP contribution in [0.3, 0.4) is 0 Å². The smallest absolute Gasteiger partial charge is 0.305 e. The summed E-state index contributed by atoms with van der Waals surface area (Å²) in [7, 11) is 0. The standard InChI is InChI=1S/C15H22N2O4/c1-9(2)21-12-6-4-5-11(7-12)10(3)17-15(20)13(16)8-14(18)19/h4-7,9-10,13H,8,16H2,1-3H3,(H,17,20)(H,18,19). The van der Waals surface area contributed by atoms with Crippen LogP contribution in [0.15, 0.2) is 24.3 Å². The quantitative estimate of drug-likeness (QED) is 0.706. The first-order valence-corrected chi connectivity index (χ1v) is 6.84. The second kappa shape index (κ2) is 7.64. The molecule has 2 unspecified atom stereocenters. The normalized spacial score (nSPS) is 13.6. The highest BCUT2D eigenvalue weighted by atomic mass is 16.5. The van der Waals surface area contributed by atoms with Crippen molar-refractivity contribution in [3.63, 3.8) is 0 Å². The number of carboxylic acids is 1. The number of amides is 1. The molecule has 0 aliphatic carbocycles. The zero-order chi connectivity index (χ0) is 16.0. The van der Waals surface area contributed by atoms with Crippen molar-refractivity contribution in [3.8, 4) is 5.75 Å². The fourth-order valence-corrected chi connectivity index (χ4v) is 1.81. The lowest BCUT2D eigenvalue weighted by molar-refractivity contribution is -0.139. The number of nitrogens with one attached hydrogen (secondary N) is 1. The highest BCUT2D eigenvalue weighted by molar-refractivity contribution is 5.86. The molecule has 2 atom stereocenters. The van der Waals surface area contributed by atoms with Crippen molar-refractivity contribution in [3.05, 3.63) is 29.8 Å². The summed E-state index contributed by atoms with van der Waals surface area (Å²) in [6, 6.07) is 6.04. The number of aliphatic carboxylic acids is 1. The number of benzene rings is 1. The monoisotopic (exact) mass is 294 g/mol. The van der Waals surface area contributed by atoms with Crippen LogP contribution in [0.1, 0.15) is 38.8 Å². The lowest BCUT2D eigenvalue weighted by Crippen LogP contribution is -2.42. The average molecular weight is 294 g/mol. The highest BCUT2D eigenvalue weighted by Gasteiger charge is 2.19. The van der Waals surface area contributed by atoms with Gasteiger partial charge < -0.3 is 20.9 Å². The minimum Gasteiger partial charge on any atom is -0.491 e. The number of carbonyl (C=O) groups is 2. The van der Waals surface area contributed by atoms with Gasteiger partial charge in [-0.15, -0.1) is 0 Å². The van der Waals surface area contributed by atoms with E-state index in [1.165, 1.54) is 0 Å². The second-order valence-electron chi connectivity index (χ2n) is 5.17. The molecular formula is C15H22N2O4. The Morgan fingerprint density at radius 3 is 2.57 bits per heavy atom. The van der Waals surface area contributed by atoms with E-state index < -0.39 is 24.3 Å². The van der Waals surface area contributed by atoms with Crippen LogP contribution in [0.2, 0.25) is 0 Å². The molecule has 0 aliphatic heterocycles. The average Bonchev–Trinajstić information content (AvgIpc) is 2.37. The minimum absolute atomic E-state index is 0.0640. The summed E-state index contributed by atoms with van der Waals surface area (Å²) in [5, 5.41) is 11.3. The van der Waals surface area contributed by atoms with Gasteiger partial charge in [0.25, 0.3) is 0 Å². The van der Waals surface area contributed by atoms with Crippen molar-refractivity contribution in [2.45, 2.75) is 45.4 Å². The third-order valence-corrected chi connectivity index (χ3v) is 2.82. The van der Waals surface area contributed by atoms with Gasteiger partial charge in [-0.05, 0) is 38.5 Å². The molecule has 0 radical (unpaired) electrons. The summed E-state index contributed by atoms with van der Waals surface area (Å²) in [6.07, 6.45) is -0.330. The molecular weight excluding hydrogens is 272 g/mol. The van der Waals surface area contributed by atoms with Crippen LogP contribution >= 0.6 is 0 Å². The Labute approximate surface area is 124 Å². The highest BCUT2D eigenvalue weighted by Crippen LogP contribution is 2.20. The van der Waals surface area contributed by atoms with Gasteiger partial charge in [0.1, 0.15) is 5.75 Å². The summed E-state index contributed by atoms with van der Waals surface area (Å²) in [4.78, 5) is 22.3. The molecule has 0 bridgehead atoms. The lowest BCUT2D eigenvalue weighted by atomic mass is 10.1. The molecule has 0 heterocycles. The lowest BCUT2D eigenvalue weighted by Gasteiger charge is -2.18. The van der Waals surface area contributed by atoms with E-state index in [9.17, 15) is 9.59 Å². The number of hydrogen-bond acceptors (Lipinski definition) is 4. The van der Waals surface area contributed by atoms with Crippen LogP contribution < -0.4 is 15.8 Å². The van der Waals surface area contributed by atoms with E-state index in [1.54, 1.807) is 6.92 Å². The molecule has 0 spiro atoms. The Kier molecular flexibility index (Phi) is 6.17. The van der Waals surface area contributed by atoms with Gasteiger partial charge in [0.2, 0.25) is 5.91 Å². The van der Waals surface area contributed by atoms with Crippen molar-refractivity contribution >= 4 is 11.9 Å². The van der Waals surface area contributed by atoms with Gasteiger partial charge in [0, 0.05) is 0 Å². The summed E-state index contributed by atoms with van der Waals surface area (Å²) in [5.41, 5.74) is 6.39. The van der Waals surface area contributed by atoms with Crippen LogP contribution in [0.25, 0.3) is 0 Å². The molecule has 1 aromatic rings. The molecule has 0 aromatic heterocycles. The van der Waals surface area contributed by atoms with Crippen molar-refractivity contribution in [2.75, 3.05) is 0 Å². The molecule has 0 aliphatic rings. The Morgan fingerprint density at radius 2 is 2.00 bits per heavy atom. The van der Waals surface area contributed by atoms with Crippen LogP contribution in [0.4, 0.5) is 0 Å². The summed E-state index contributed by atoms with van der Waals surface area (Å²) >= 11 is 0. The summed E-state index contributed by atoms with van der Waals surface area (Å²) in [5.74, 6) is -0.865. The zero-order valence-electron chi connectivity index (χ0n) is 12.5. The van der Waals surface area contributed by atoms with Crippen LogP contribution in [-0.2, 0) is 9.59 Å². The molecule has 0 fully saturated rings. The Hall–Kier alpha value is -2.08. The van der Waals surface area contributed by atoms with Crippen molar-refractivity contribution in [1.82, 2.24) is 5.32 Å². The first kappa shape index (κ1) is 17.0. The fraction of sp³-hybridized carbons (Fsp3) is 0.467. The van der Waals surface area contributed by atoms with Gasteiger partial charge in [-0.1, -0.05) is 12.1 Å². The Bertz CT molecular complexity index is 502. The molecule has 0 saturated carbocycles. The largest absolute Gasteiger partial charge is 0.491 e. The number of carbonyl (C=O) groups excluding carboxylic acids is 1. The summed E-state index contributed by atoms with van der Waals surface area (Å²) in [6.45, 7) is 5.67. The SMILES string of the molecule is CC(C)Oc1cccc(C(C)NC(=O)C(N)CC(=O)O)c1. The van der Waals surface area contributed by atoms with Crippen molar-refractivity contribution < 1.29 is 19.4 Å². The molecule has 6 nitrogen and oxygen atoms in total. The molecule has 6 heteroatoms. The predicted molar refractivity (Wildman–Crippen MR) is 79.0 cm³/mol. The van der Waals surface area contributed by atoms with Gasteiger partial charge >= 0.3 is 5.97 Å². The maximum Gasteiger partial charge on any atom is 0.305 e. The molecule has 0 saturated heterocycles. The van der Waals surface area contributed by atoms with Crippen molar-refractivity contribution in [1.29, 1.82) is 0 Å². The van der Waals surface area contributed by atoms with Gasteiger partial charge in [-0.2, -0.15) is 0 Å². The molecule has 21 heavy (non-hydrogen) atoms. The van der Waals surface area contributed by atoms with E-state index in [1.807, 2.05) is 38.1 Å². The first-order chi connectivity index (χ1) is 9.79. The molecule has 4 N–H and O–H groups in total. The third kappa shape index (κ3) is 5.83. The molecule has 116 valence electrons. The van der Waals surface area contributed by atoms with Gasteiger partial charge in [0.15, 0.2) is 0 Å². The van der Waals surface area contributed by atoms with E-state index in [2.05, 4.69) is 5.32 Å². The number of carboxylic acid groups (broad SMARTS) is 1. The predicted octanol–water partition coefficient (Wildman–Crippen LogP) is 1.45. The van der Waals surface area contributed by atoms with Crippen LogP contribution in [-0.4, -0.2) is 29.1 Å². The van der Waals surface area contributed by atoms with E-state index in [-0.39, 0.29) is 12.1 Å².